The zero-order valence-electron chi connectivity index (χ0n) is 18.1. The number of benzene rings is 3. The molecule has 0 saturated heterocycles. The molecular formula is C23H21N7O2S. The maximum Gasteiger partial charge on any atom is 0.270 e. The number of nitro groups is 1. The lowest BCUT2D eigenvalue weighted by atomic mass is 10.2. The van der Waals surface area contributed by atoms with Crippen LogP contribution in [0.25, 0.3) is 10.2 Å². The molecule has 10 heteroatoms. The van der Waals surface area contributed by atoms with Crippen LogP contribution in [0, 0.1) is 10.1 Å². The van der Waals surface area contributed by atoms with Crippen molar-refractivity contribution >= 4 is 55.1 Å². The highest BCUT2D eigenvalue weighted by Crippen LogP contribution is 2.32. The standard InChI is InChI=1S/C23H21N7O2S/c1-3-29(4-2)19-11-9-18(10-12-19)26-25-16-5-7-17(8-6-16)27-28-23-24-21-14-13-20(30(31)32)15-22(21)33-23/h5-15H,3-4H2,1-2H3. The lowest BCUT2D eigenvalue weighted by Gasteiger charge is -2.20. The van der Waals surface area contributed by atoms with E-state index >= 15 is 0 Å². The summed E-state index contributed by atoms with van der Waals surface area (Å²) in [5.41, 5.74) is 3.97. The second-order valence-electron chi connectivity index (χ2n) is 7.01. The molecule has 0 amide bonds. The number of aromatic nitrogens is 1. The van der Waals surface area contributed by atoms with Gasteiger partial charge >= 0.3 is 0 Å². The predicted molar refractivity (Wildman–Crippen MR) is 131 cm³/mol. The normalized spacial score (nSPS) is 11.6. The Hall–Kier alpha value is -4.05. The number of hydrogen-bond acceptors (Lipinski definition) is 9. The van der Waals surface area contributed by atoms with Gasteiger partial charge in [0.2, 0.25) is 5.13 Å². The molecule has 0 radical (unpaired) electrons. The molecule has 0 atom stereocenters. The van der Waals surface area contributed by atoms with Crippen molar-refractivity contribution in [3.05, 3.63) is 76.8 Å². The Kier molecular flexibility index (Phi) is 6.75. The summed E-state index contributed by atoms with van der Waals surface area (Å²) in [5, 5.41) is 28.3. The largest absolute Gasteiger partial charge is 0.372 e. The molecule has 3 aromatic carbocycles. The molecule has 0 fully saturated rings. The summed E-state index contributed by atoms with van der Waals surface area (Å²) in [6.07, 6.45) is 0. The Morgan fingerprint density at radius 2 is 1.39 bits per heavy atom. The van der Waals surface area contributed by atoms with E-state index in [0.717, 1.165) is 18.8 Å². The third kappa shape index (κ3) is 5.42. The molecule has 0 N–H and O–H groups in total. The van der Waals surface area contributed by atoms with E-state index in [9.17, 15) is 10.1 Å². The van der Waals surface area contributed by atoms with Crippen LogP contribution in [0.15, 0.2) is 87.2 Å². The van der Waals surface area contributed by atoms with E-state index in [2.05, 4.69) is 44.2 Å². The number of azo groups is 2. The van der Waals surface area contributed by atoms with Crippen LogP contribution in [0.1, 0.15) is 13.8 Å². The highest BCUT2D eigenvalue weighted by Gasteiger charge is 2.10. The number of anilines is 1. The molecule has 1 aromatic heterocycles. The maximum absolute atomic E-state index is 10.9. The Labute approximate surface area is 194 Å². The van der Waals surface area contributed by atoms with Gasteiger partial charge in [-0.2, -0.15) is 10.2 Å². The summed E-state index contributed by atoms with van der Waals surface area (Å²) in [5.74, 6) is 0. The van der Waals surface area contributed by atoms with Gasteiger partial charge in [-0.3, -0.25) is 10.1 Å². The summed E-state index contributed by atoms with van der Waals surface area (Å²) in [6, 6.07) is 19.7. The molecule has 9 nitrogen and oxygen atoms in total. The zero-order valence-corrected chi connectivity index (χ0v) is 18.9. The average Bonchev–Trinajstić information content (AvgIpc) is 3.26. The summed E-state index contributed by atoms with van der Waals surface area (Å²) in [7, 11) is 0. The Balaban J connectivity index is 1.41. The van der Waals surface area contributed by atoms with Crippen LogP contribution >= 0.6 is 11.3 Å². The molecule has 0 aliphatic heterocycles. The van der Waals surface area contributed by atoms with Gasteiger partial charge in [0.05, 0.1) is 32.2 Å². The molecule has 0 spiro atoms. The van der Waals surface area contributed by atoms with E-state index < -0.39 is 4.92 Å². The van der Waals surface area contributed by atoms with E-state index in [1.165, 1.54) is 29.2 Å². The summed E-state index contributed by atoms with van der Waals surface area (Å²) < 4.78 is 0.694. The lowest BCUT2D eigenvalue weighted by Crippen LogP contribution is -2.21. The zero-order chi connectivity index (χ0) is 23.2. The fraction of sp³-hybridized carbons (Fsp3) is 0.174. The number of hydrogen-bond donors (Lipinski definition) is 0. The Morgan fingerprint density at radius 1 is 0.848 bits per heavy atom. The summed E-state index contributed by atoms with van der Waals surface area (Å²) in [6.45, 7) is 6.19. The van der Waals surface area contributed by atoms with Crippen LogP contribution in [-0.2, 0) is 0 Å². The molecule has 4 rings (SSSR count). The fourth-order valence-electron chi connectivity index (χ4n) is 3.18. The molecule has 33 heavy (non-hydrogen) atoms. The molecular weight excluding hydrogens is 438 g/mol. The summed E-state index contributed by atoms with van der Waals surface area (Å²) in [4.78, 5) is 17.1. The van der Waals surface area contributed by atoms with E-state index in [4.69, 9.17) is 0 Å². The Morgan fingerprint density at radius 3 is 1.94 bits per heavy atom. The topological polar surface area (TPSA) is 109 Å². The maximum atomic E-state index is 10.9. The minimum absolute atomic E-state index is 0.0271. The second kappa shape index (κ2) is 10.0. The molecule has 0 aliphatic carbocycles. The van der Waals surface area contributed by atoms with Crippen molar-refractivity contribution in [2.24, 2.45) is 20.5 Å². The van der Waals surface area contributed by atoms with Crippen LogP contribution in [0.2, 0.25) is 0 Å². The third-order valence-corrected chi connectivity index (χ3v) is 5.83. The van der Waals surface area contributed by atoms with Gasteiger partial charge in [-0.05, 0) is 68.4 Å². The van der Waals surface area contributed by atoms with Crippen molar-refractivity contribution in [1.82, 2.24) is 4.98 Å². The number of nitrogens with zero attached hydrogens (tertiary/aromatic N) is 7. The average molecular weight is 460 g/mol. The van der Waals surface area contributed by atoms with Crippen LogP contribution < -0.4 is 4.90 Å². The van der Waals surface area contributed by atoms with Crippen LogP contribution in [-0.4, -0.2) is 23.0 Å². The van der Waals surface area contributed by atoms with Crippen LogP contribution in [0.5, 0.6) is 0 Å². The molecule has 0 bridgehead atoms. The summed E-state index contributed by atoms with van der Waals surface area (Å²) >= 11 is 1.25. The highest BCUT2D eigenvalue weighted by atomic mass is 32.1. The first kappa shape index (κ1) is 22.2. The first-order valence-corrected chi connectivity index (χ1v) is 11.2. The Bertz CT molecular complexity index is 1310. The number of fused-ring (bicyclic) bond motifs is 1. The van der Waals surface area contributed by atoms with E-state index in [0.29, 0.717) is 26.7 Å². The molecule has 0 unspecified atom stereocenters. The van der Waals surface area contributed by atoms with E-state index in [1.54, 1.807) is 18.2 Å². The van der Waals surface area contributed by atoms with Gasteiger partial charge in [0, 0.05) is 30.9 Å². The monoisotopic (exact) mass is 459 g/mol. The van der Waals surface area contributed by atoms with Crippen LogP contribution in [0.4, 0.5) is 33.6 Å². The molecule has 0 aliphatic rings. The number of non-ortho nitro benzene ring substituents is 1. The van der Waals surface area contributed by atoms with Gasteiger partial charge in [-0.1, -0.05) is 11.3 Å². The number of nitro benzene ring substituents is 1. The minimum Gasteiger partial charge on any atom is -0.372 e. The smallest absolute Gasteiger partial charge is 0.270 e. The SMILES string of the molecule is CCN(CC)c1ccc(N=Nc2ccc(N=Nc3nc4ccc([N+](=O)[O-])cc4s3)cc2)cc1. The van der Waals surface area contributed by atoms with Crippen molar-refractivity contribution in [1.29, 1.82) is 0 Å². The van der Waals surface area contributed by atoms with E-state index in [1.807, 2.05) is 36.4 Å². The number of rotatable bonds is 8. The van der Waals surface area contributed by atoms with E-state index in [-0.39, 0.29) is 5.69 Å². The van der Waals surface area contributed by atoms with Gasteiger partial charge in [0.1, 0.15) is 0 Å². The lowest BCUT2D eigenvalue weighted by molar-refractivity contribution is -0.384. The van der Waals surface area contributed by atoms with Crippen molar-refractivity contribution < 1.29 is 4.92 Å². The second-order valence-corrected chi connectivity index (χ2v) is 8.02. The van der Waals surface area contributed by atoms with Crippen molar-refractivity contribution in [3.63, 3.8) is 0 Å². The first-order valence-electron chi connectivity index (χ1n) is 10.4. The minimum atomic E-state index is -0.430. The number of thiazole rings is 1. The molecule has 0 saturated carbocycles. The van der Waals surface area contributed by atoms with Gasteiger partial charge in [0.15, 0.2) is 0 Å². The van der Waals surface area contributed by atoms with Gasteiger partial charge in [0.25, 0.3) is 5.69 Å². The predicted octanol–water partition coefficient (Wildman–Crippen LogP) is 7.88. The quantitative estimate of drug-likeness (QED) is 0.152. The van der Waals surface area contributed by atoms with Gasteiger partial charge in [-0.15, -0.1) is 10.2 Å². The first-order chi connectivity index (χ1) is 16.1. The van der Waals surface area contributed by atoms with Gasteiger partial charge < -0.3 is 4.90 Å². The van der Waals surface area contributed by atoms with Crippen molar-refractivity contribution in [2.75, 3.05) is 18.0 Å². The molecule has 1 heterocycles. The van der Waals surface area contributed by atoms with Crippen LogP contribution in [0.3, 0.4) is 0 Å². The fourth-order valence-corrected chi connectivity index (χ4v) is 4.00. The van der Waals surface area contributed by atoms with Crippen molar-refractivity contribution in [3.8, 4) is 0 Å². The van der Waals surface area contributed by atoms with Crippen molar-refractivity contribution in [2.45, 2.75) is 13.8 Å². The van der Waals surface area contributed by atoms with Gasteiger partial charge in [-0.25, -0.2) is 4.98 Å². The molecule has 4 aromatic rings. The molecule has 166 valence electrons. The highest BCUT2D eigenvalue weighted by molar-refractivity contribution is 7.21. The third-order valence-electron chi connectivity index (χ3n) is 4.93.